The standard InChI is InChI=1S/C21H26N2O2S/c1-26(24)18-12-16-9-11-25-21(16)17(13-18)14-23-19-8-5-10-22-20(19)15-6-3-2-4-7-15/h2-4,6-7,12-13,19-20,22-23H,5,8-11,14H2,1H3/t19-,20-,26?/m0/s1. The van der Waals surface area contributed by atoms with Crippen LogP contribution < -0.4 is 15.4 Å². The number of nitrogens with one attached hydrogen (secondary N) is 2. The van der Waals surface area contributed by atoms with Gasteiger partial charge in [-0.1, -0.05) is 30.3 Å². The molecule has 2 aliphatic rings. The van der Waals surface area contributed by atoms with Gasteiger partial charge in [0.1, 0.15) is 5.75 Å². The zero-order chi connectivity index (χ0) is 17.9. The van der Waals surface area contributed by atoms with Crippen LogP contribution in [0, 0.1) is 0 Å². The Bertz CT molecular complexity index is 794. The fourth-order valence-electron chi connectivity index (χ4n) is 4.01. The summed E-state index contributed by atoms with van der Waals surface area (Å²) >= 11 is 0. The Labute approximate surface area is 157 Å². The van der Waals surface area contributed by atoms with Gasteiger partial charge >= 0.3 is 0 Å². The number of hydrogen-bond acceptors (Lipinski definition) is 4. The second-order valence-electron chi connectivity index (χ2n) is 7.10. The molecular formula is C21H26N2O2S. The molecule has 4 rings (SSSR count). The Kier molecular flexibility index (Phi) is 5.38. The minimum absolute atomic E-state index is 0.322. The molecule has 2 N–H and O–H groups in total. The lowest BCUT2D eigenvalue weighted by Crippen LogP contribution is -2.45. The van der Waals surface area contributed by atoms with Crippen LogP contribution in [0.3, 0.4) is 0 Å². The van der Waals surface area contributed by atoms with Crippen molar-refractivity contribution in [1.29, 1.82) is 0 Å². The first-order valence-corrected chi connectivity index (χ1v) is 10.9. The Balaban J connectivity index is 1.53. The van der Waals surface area contributed by atoms with Crippen LogP contribution in [-0.4, -0.2) is 29.7 Å². The lowest BCUT2D eigenvalue weighted by molar-refractivity contribution is 0.301. The second-order valence-corrected chi connectivity index (χ2v) is 8.47. The molecule has 0 aliphatic carbocycles. The summed E-state index contributed by atoms with van der Waals surface area (Å²) in [7, 11) is -0.972. The Morgan fingerprint density at radius 1 is 1.27 bits per heavy atom. The van der Waals surface area contributed by atoms with Crippen molar-refractivity contribution in [3.8, 4) is 5.75 Å². The van der Waals surface area contributed by atoms with Crippen LogP contribution in [0.15, 0.2) is 47.4 Å². The van der Waals surface area contributed by atoms with Gasteiger partial charge in [-0.05, 0) is 42.6 Å². The molecule has 0 amide bonds. The highest BCUT2D eigenvalue weighted by atomic mass is 32.2. The zero-order valence-corrected chi connectivity index (χ0v) is 16.0. The first-order chi connectivity index (χ1) is 12.7. The third-order valence-electron chi connectivity index (χ3n) is 5.34. The minimum atomic E-state index is -0.972. The predicted molar refractivity (Wildman–Crippen MR) is 105 cm³/mol. The van der Waals surface area contributed by atoms with E-state index in [4.69, 9.17) is 4.74 Å². The Hall–Kier alpha value is -1.69. The first-order valence-electron chi connectivity index (χ1n) is 9.36. The molecule has 0 aromatic heterocycles. The molecule has 5 heteroatoms. The van der Waals surface area contributed by atoms with E-state index in [1.54, 1.807) is 6.26 Å². The quantitative estimate of drug-likeness (QED) is 0.850. The van der Waals surface area contributed by atoms with Crippen LogP contribution in [0.4, 0.5) is 0 Å². The van der Waals surface area contributed by atoms with E-state index in [1.165, 1.54) is 17.5 Å². The molecule has 0 radical (unpaired) electrons. The summed E-state index contributed by atoms with van der Waals surface area (Å²) in [4.78, 5) is 0.896. The minimum Gasteiger partial charge on any atom is -0.493 e. The molecule has 2 aromatic carbocycles. The molecule has 0 spiro atoms. The van der Waals surface area contributed by atoms with Gasteiger partial charge < -0.3 is 15.4 Å². The zero-order valence-electron chi connectivity index (χ0n) is 15.2. The maximum Gasteiger partial charge on any atom is 0.127 e. The summed E-state index contributed by atoms with van der Waals surface area (Å²) in [6.45, 7) is 2.52. The van der Waals surface area contributed by atoms with Gasteiger partial charge in [-0.25, -0.2) is 0 Å². The molecule has 138 valence electrons. The topological polar surface area (TPSA) is 50.4 Å². The molecule has 1 fully saturated rings. The summed E-state index contributed by atoms with van der Waals surface area (Å²) in [6.07, 6.45) is 4.97. The average molecular weight is 371 g/mol. The van der Waals surface area contributed by atoms with E-state index in [2.05, 4.69) is 41.0 Å². The largest absolute Gasteiger partial charge is 0.493 e. The third-order valence-corrected chi connectivity index (χ3v) is 6.24. The number of hydrogen-bond donors (Lipinski definition) is 2. The van der Waals surface area contributed by atoms with E-state index < -0.39 is 10.8 Å². The van der Waals surface area contributed by atoms with Gasteiger partial charge in [-0.15, -0.1) is 0 Å². The van der Waals surface area contributed by atoms with Crippen LogP contribution in [0.2, 0.25) is 0 Å². The molecule has 2 heterocycles. The highest BCUT2D eigenvalue weighted by molar-refractivity contribution is 7.84. The van der Waals surface area contributed by atoms with Crippen molar-refractivity contribution in [2.24, 2.45) is 0 Å². The fraction of sp³-hybridized carbons (Fsp3) is 0.429. The number of rotatable bonds is 5. The van der Waals surface area contributed by atoms with Gasteiger partial charge in [0.25, 0.3) is 0 Å². The third kappa shape index (κ3) is 3.70. The summed E-state index contributed by atoms with van der Waals surface area (Å²) in [5.74, 6) is 0.992. The van der Waals surface area contributed by atoms with Crippen LogP contribution in [0.25, 0.3) is 0 Å². The van der Waals surface area contributed by atoms with Crippen molar-refractivity contribution in [1.82, 2.24) is 10.6 Å². The van der Waals surface area contributed by atoms with E-state index in [0.717, 1.165) is 48.7 Å². The van der Waals surface area contributed by atoms with E-state index in [1.807, 2.05) is 12.1 Å². The fourth-order valence-corrected chi connectivity index (χ4v) is 4.63. The van der Waals surface area contributed by atoms with E-state index in [9.17, 15) is 4.21 Å². The van der Waals surface area contributed by atoms with Crippen LogP contribution in [-0.2, 0) is 23.8 Å². The molecule has 4 nitrogen and oxygen atoms in total. The highest BCUT2D eigenvalue weighted by Crippen LogP contribution is 2.33. The number of fused-ring (bicyclic) bond motifs is 1. The van der Waals surface area contributed by atoms with Crippen molar-refractivity contribution in [2.45, 2.75) is 42.8 Å². The van der Waals surface area contributed by atoms with Gasteiger partial charge in [0.05, 0.1) is 6.61 Å². The summed E-state index contributed by atoms with van der Waals surface area (Å²) in [5, 5.41) is 7.40. The highest BCUT2D eigenvalue weighted by Gasteiger charge is 2.26. The normalized spacial score (nSPS) is 23.3. The maximum absolute atomic E-state index is 12.0. The first kappa shape index (κ1) is 17.7. The van der Waals surface area contributed by atoms with Crippen molar-refractivity contribution in [3.63, 3.8) is 0 Å². The predicted octanol–water partition coefficient (Wildman–Crippen LogP) is 2.94. The smallest absolute Gasteiger partial charge is 0.127 e. The molecule has 0 saturated carbocycles. The van der Waals surface area contributed by atoms with Gasteiger partial charge in [0, 0.05) is 52.6 Å². The maximum atomic E-state index is 12.0. The molecule has 1 unspecified atom stereocenters. The Morgan fingerprint density at radius 3 is 2.92 bits per heavy atom. The molecule has 2 aromatic rings. The van der Waals surface area contributed by atoms with E-state index >= 15 is 0 Å². The number of benzene rings is 2. The van der Waals surface area contributed by atoms with Gasteiger partial charge in [-0.3, -0.25) is 4.21 Å². The summed E-state index contributed by atoms with van der Waals surface area (Å²) in [5.41, 5.74) is 3.65. The van der Waals surface area contributed by atoms with E-state index in [-0.39, 0.29) is 0 Å². The van der Waals surface area contributed by atoms with E-state index in [0.29, 0.717) is 12.1 Å². The monoisotopic (exact) mass is 370 g/mol. The van der Waals surface area contributed by atoms with Crippen molar-refractivity contribution >= 4 is 10.8 Å². The van der Waals surface area contributed by atoms with Crippen molar-refractivity contribution in [3.05, 3.63) is 59.2 Å². The molecule has 3 atom stereocenters. The average Bonchev–Trinajstić information content (AvgIpc) is 3.16. The van der Waals surface area contributed by atoms with Gasteiger partial charge in [0.15, 0.2) is 0 Å². The van der Waals surface area contributed by atoms with Crippen LogP contribution in [0.5, 0.6) is 5.75 Å². The second kappa shape index (κ2) is 7.91. The van der Waals surface area contributed by atoms with Gasteiger partial charge in [0.2, 0.25) is 0 Å². The van der Waals surface area contributed by atoms with Crippen LogP contribution >= 0.6 is 0 Å². The number of ether oxygens (including phenoxy) is 1. The van der Waals surface area contributed by atoms with Crippen molar-refractivity contribution < 1.29 is 8.95 Å². The molecule has 2 aliphatic heterocycles. The lowest BCUT2D eigenvalue weighted by Gasteiger charge is -2.34. The van der Waals surface area contributed by atoms with Crippen LogP contribution in [0.1, 0.15) is 35.6 Å². The lowest BCUT2D eigenvalue weighted by atomic mass is 9.92. The molecule has 26 heavy (non-hydrogen) atoms. The number of piperidine rings is 1. The molecule has 1 saturated heterocycles. The van der Waals surface area contributed by atoms with Crippen molar-refractivity contribution in [2.75, 3.05) is 19.4 Å². The molecule has 0 bridgehead atoms. The Morgan fingerprint density at radius 2 is 2.12 bits per heavy atom. The SMILES string of the molecule is CS(=O)c1cc2c(c(CN[C@H]3CCCN[C@H]3c3ccccc3)c1)OCC2. The van der Waals surface area contributed by atoms with Gasteiger partial charge in [-0.2, -0.15) is 0 Å². The summed E-state index contributed by atoms with van der Waals surface area (Å²) < 4.78 is 17.8. The summed E-state index contributed by atoms with van der Waals surface area (Å²) in [6, 6.07) is 15.4. The molecular weight excluding hydrogens is 344 g/mol.